The molecule has 3 heterocycles. The van der Waals surface area contributed by atoms with E-state index in [2.05, 4.69) is 186 Å². The predicted molar refractivity (Wildman–Crippen MR) is 215 cm³/mol. The van der Waals surface area contributed by atoms with E-state index < -0.39 is 0 Å². The molecule has 0 bridgehead atoms. The molecule has 1 aliphatic rings. The van der Waals surface area contributed by atoms with Gasteiger partial charge in [0, 0.05) is 50.9 Å². The smallest absolute Gasteiger partial charge is 0.135 e. The van der Waals surface area contributed by atoms with E-state index in [1.165, 1.54) is 33.2 Å². The van der Waals surface area contributed by atoms with Crippen molar-refractivity contribution >= 4 is 44.9 Å². The zero-order valence-corrected chi connectivity index (χ0v) is 34.6. The first kappa shape index (κ1) is 38.4. The summed E-state index contributed by atoms with van der Waals surface area (Å²) in [7, 11) is 0. The number of hydrogen-bond donors (Lipinski definition) is 0. The fourth-order valence-electron chi connectivity index (χ4n) is 6.37. The number of hydrogen-bond acceptors (Lipinski definition) is 4. The van der Waals surface area contributed by atoms with Crippen molar-refractivity contribution < 1.29 is 21.1 Å². The summed E-state index contributed by atoms with van der Waals surface area (Å²) in [5.74, 6) is 0.918. The van der Waals surface area contributed by atoms with Gasteiger partial charge in [-0.15, -0.1) is 45.1 Å². The molecule has 0 radical (unpaired) electrons. The Morgan fingerprint density at radius 1 is 0.627 bits per heavy atom. The molecule has 6 heteroatoms. The van der Waals surface area contributed by atoms with Crippen LogP contribution < -0.4 is 9.80 Å². The van der Waals surface area contributed by atoms with E-state index in [0.29, 0.717) is 0 Å². The second-order valence-corrected chi connectivity index (χ2v) is 17.3. The van der Waals surface area contributed by atoms with Gasteiger partial charge in [-0.1, -0.05) is 97.8 Å². The quantitative estimate of drug-likeness (QED) is 0.161. The largest absolute Gasteiger partial charge is 0.358 e. The van der Waals surface area contributed by atoms with Crippen LogP contribution in [-0.2, 0) is 37.3 Å². The van der Waals surface area contributed by atoms with Gasteiger partial charge in [0.2, 0.25) is 0 Å². The summed E-state index contributed by atoms with van der Waals surface area (Å²) in [4.78, 5) is 11.5. The molecule has 0 fully saturated rings. The van der Waals surface area contributed by atoms with Crippen LogP contribution in [-0.4, -0.2) is 16.2 Å². The van der Waals surface area contributed by atoms with Gasteiger partial charge in [-0.05, 0) is 68.7 Å². The van der Waals surface area contributed by atoms with E-state index in [-0.39, 0.29) is 44.7 Å². The fraction of sp³-hybridized carbons (Fsp3) is 0.289. The third-order valence-corrected chi connectivity index (χ3v) is 10.3. The number of anilines is 2. The average molecular weight is 873 g/mol. The molecule has 0 amide bonds. The van der Waals surface area contributed by atoms with Crippen LogP contribution in [0.4, 0.5) is 11.4 Å². The van der Waals surface area contributed by atoms with Crippen LogP contribution in [0.2, 0.25) is 0 Å². The third-order valence-electron chi connectivity index (χ3n) is 9.41. The second-order valence-electron chi connectivity index (χ2n) is 16.2. The maximum atomic E-state index is 4.89. The van der Waals surface area contributed by atoms with Gasteiger partial charge in [-0.25, -0.2) is 4.98 Å². The Morgan fingerprint density at radius 3 is 2.00 bits per heavy atom. The van der Waals surface area contributed by atoms with Gasteiger partial charge in [-0.3, -0.25) is 0 Å². The maximum absolute atomic E-state index is 4.89. The van der Waals surface area contributed by atoms with Crippen LogP contribution in [0.25, 0.3) is 27.6 Å². The summed E-state index contributed by atoms with van der Waals surface area (Å²) in [6.45, 7) is 21.1. The summed E-state index contributed by atoms with van der Waals surface area (Å²) in [5.41, 5.74) is 8.50. The Kier molecular flexibility index (Phi) is 10.8. The minimum absolute atomic E-state index is 0. The molecule has 7 rings (SSSR count). The molecule has 4 aromatic carbocycles. The minimum Gasteiger partial charge on any atom is -0.358 e. The Balaban J connectivity index is 0.00000252. The third kappa shape index (κ3) is 7.86. The minimum atomic E-state index is 0. The molecule has 0 saturated carbocycles. The van der Waals surface area contributed by atoms with Gasteiger partial charge in [0.05, 0.1) is 6.67 Å². The van der Waals surface area contributed by atoms with Crippen molar-refractivity contribution in [2.75, 3.05) is 16.5 Å². The molecule has 268 valence electrons. The number of aromatic nitrogens is 2. The Morgan fingerprint density at radius 2 is 1.27 bits per heavy atom. The number of benzene rings is 4. The molecule has 0 atom stereocenters. The molecular formula is C45H49N4PtS-3. The van der Waals surface area contributed by atoms with Crippen molar-refractivity contribution in [3.05, 3.63) is 140 Å². The number of nitrogens with zero attached hydrogens (tertiary/aromatic N) is 4. The summed E-state index contributed by atoms with van der Waals surface area (Å²) in [6.07, 6.45) is 6.24. The van der Waals surface area contributed by atoms with Crippen LogP contribution in [0.3, 0.4) is 0 Å². The Hall–Kier alpha value is -3.79. The Labute approximate surface area is 324 Å². The van der Waals surface area contributed by atoms with Gasteiger partial charge in [0.15, 0.2) is 0 Å². The molecule has 0 spiro atoms. The van der Waals surface area contributed by atoms with E-state index >= 15 is 0 Å². The summed E-state index contributed by atoms with van der Waals surface area (Å²) in [6, 6.07) is 38.4. The van der Waals surface area contributed by atoms with Crippen LogP contribution >= 0.6 is 11.8 Å². The second kappa shape index (κ2) is 14.3. The van der Waals surface area contributed by atoms with Crippen molar-refractivity contribution in [2.45, 2.75) is 88.3 Å². The molecular weight excluding hydrogens is 824 g/mol. The van der Waals surface area contributed by atoms with Gasteiger partial charge < -0.3 is 21.8 Å². The topological polar surface area (TPSA) is 24.3 Å². The van der Waals surface area contributed by atoms with Crippen LogP contribution in [0.15, 0.2) is 113 Å². The van der Waals surface area contributed by atoms with E-state index in [1.807, 2.05) is 6.20 Å². The van der Waals surface area contributed by atoms with E-state index in [9.17, 15) is 0 Å². The number of fused-ring (bicyclic) bond motifs is 3. The first-order chi connectivity index (χ1) is 23.1. The molecule has 4 nitrogen and oxygen atoms in total. The van der Waals surface area contributed by atoms with E-state index in [4.69, 9.17) is 4.98 Å². The number of pyridine rings is 1. The average Bonchev–Trinajstić information content (AvgIpc) is 3.67. The van der Waals surface area contributed by atoms with Crippen molar-refractivity contribution in [3.63, 3.8) is 0 Å². The fourth-order valence-corrected chi connectivity index (χ4v) is 7.20. The molecule has 0 saturated heterocycles. The molecule has 51 heavy (non-hydrogen) atoms. The van der Waals surface area contributed by atoms with E-state index in [0.717, 1.165) is 39.0 Å². The van der Waals surface area contributed by atoms with Crippen molar-refractivity contribution in [3.8, 4) is 5.82 Å². The molecule has 0 aliphatic carbocycles. The first-order valence-corrected chi connectivity index (χ1v) is 18.0. The maximum Gasteiger partial charge on any atom is 0.135 e. The zero-order valence-electron chi connectivity index (χ0n) is 31.5. The summed E-state index contributed by atoms with van der Waals surface area (Å²) < 4.78 is 2.29. The van der Waals surface area contributed by atoms with Gasteiger partial charge in [0.25, 0.3) is 0 Å². The number of rotatable bonds is 5. The van der Waals surface area contributed by atoms with Crippen LogP contribution in [0, 0.1) is 19.6 Å². The monoisotopic (exact) mass is 872 g/mol. The van der Waals surface area contributed by atoms with Crippen molar-refractivity contribution in [2.24, 2.45) is 0 Å². The van der Waals surface area contributed by atoms with E-state index in [1.54, 1.807) is 11.8 Å². The molecule has 0 N–H and O–H groups in total. The van der Waals surface area contributed by atoms with Gasteiger partial charge in [-0.2, -0.15) is 24.3 Å². The van der Waals surface area contributed by atoms with Crippen LogP contribution in [0.1, 0.15) is 79.0 Å². The first-order valence-electron chi connectivity index (χ1n) is 17.2. The van der Waals surface area contributed by atoms with Crippen molar-refractivity contribution in [1.82, 2.24) is 9.55 Å². The molecule has 2 aromatic heterocycles. The SMILES string of the molecule is CC(C)(C)c1cccc(N2C=CN(c3[c-]c(Sc4[c-]c5c(cc4)c4cc(C(C)(C)C)ccc4n5-c4cc(C(C)(C)C)ccn4)ccc3)C2)c1.[CH3-].[Pt]. The standard InChI is InChI=1S/C44H46N4S.CH3.Pt/c1-42(2,3)30-12-10-13-33(24-30)46-22-23-47(29-46)34-14-11-15-35(27-34)49-36-17-18-37-38-25-31(43(4,5)6)16-19-39(38)48(40(37)28-36)41-26-32(20-21-45-41)44(7,8)9;;/h10-26H,29H2,1-9H3;1H3;/q-2;-1;. The Bertz CT molecular complexity index is 2210. The predicted octanol–water partition coefficient (Wildman–Crippen LogP) is 12.0. The van der Waals surface area contributed by atoms with Gasteiger partial charge in [0.1, 0.15) is 5.82 Å². The zero-order chi connectivity index (χ0) is 34.7. The normalized spacial score (nSPS) is 13.5. The van der Waals surface area contributed by atoms with Gasteiger partial charge >= 0.3 is 0 Å². The molecule has 6 aromatic rings. The summed E-state index contributed by atoms with van der Waals surface area (Å²) >= 11 is 1.70. The molecule has 1 aliphatic heterocycles. The van der Waals surface area contributed by atoms with Crippen molar-refractivity contribution in [1.29, 1.82) is 0 Å². The molecule has 0 unspecified atom stereocenters. The summed E-state index contributed by atoms with van der Waals surface area (Å²) in [5, 5.41) is 2.41. The van der Waals surface area contributed by atoms with Crippen LogP contribution in [0.5, 0.6) is 0 Å².